The summed E-state index contributed by atoms with van der Waals surface area (Å²) < 4.78 is 0. The van der Waals surface area contributed by atoms with Crippen LogP contribution in [0.4, 0.5) is 0 Å². The molecule has 2 atom stereocenters. The van der Waals surface area contributed by atoms with Crippen molar-refractivity contribution in [3.8, 4) is 0 Å². The Morgan fingerprint density at radius 3 is 2.48 bits per heavy atom. The van der Waals surface area contributed by atoms with Gasteiger partial charge in [0.15, 0.2) is 0 Å². The number of aryl methyl sites for hydroxylation is 2. The van der Waals surface area contributed by atoms with Crippen LogP contribution in [0.1, 0.15) is 49.3 Å². The summed E-state index contributed by atoms with van der Waals surface area (Å²) >= 11 is 0. The first-order chi connectivity index (χ1) is 10.2. The minimum atomic E-state index is 0.691. The van der Waals surface area contributed by atoms with Crippen LogP contribution in [0.3, 0.4) is 0 Å². The van der Waals surface area contributed by atoms with Crippen LogP contribution < -0.4 is 5.32 Å². The van der Waals surface area contributed by atoms with E-state index >= 15 is 0 Å². The summed E-state index contributed by atoms with van der Waals surface area (Å²) in [5.41, 5.74) is 4.29. The van der Waals surface area contributed by atoms with Gasteiger partial charge in [-0.05, 0) is 44.6 Å². The minimum Gasteiger partial charge on any atom is -0.311 e. The number of rotatable bonds is 5. The smallest absolute Gasteiger partial charge is 0.0253 e. The van der Waals surface area contributed by atoms with Crippen molar-refractivity contribution >= 4 is 0 Å². The number of piperazine rings is 1. The van der Waals surface area contributed by atoms with E-state index in [0.717, 1.165) is 18.5 Å². The molecule has 1 saturated carbocycles. The molecule has 1 N–H and O–H groups in total. The van der Waals surface area contributed by atoms with E-state index in [1.54, 1.807) is 0 Å². The van der Waals surface area contributed by atoms with E-state index in [0.29, 0.717) is 6.04 Å². The zero-order chi connectivity index (χ0) is 14.8. The number of nitrogens with zero attached hydrogens (tertiary/aromatic N) is 1. The molecule has 1 aromatic rings. The van der Waals surface area contributed by atoms with Gasteiger partial charge in [0.2, 0.25) is 0 Å². The van der Waals surface area contributed by atoms with Crippen LogP contribution in [-0.2, 0) is 6.54 Å². The molecule has 3 rings (SSSR count). The summed E-state index contributed by atoms with van der Waals surface area (Å²) in [6.45, 7) is 10.3. The Morgan fingerprint density at radius 2 is 1.86 bits per heavy atom. The average Bonchev–Trinajstić information content (AvgIpc) is 3.22. The molecule has 0 aromatic heterocycles. The Hall–Kier alpha value is -0.860. The van der Waals surface area contributed by atoms with Gasteiger partial charge in [0.05, 0.1) is 0 Å². The van der Waals surface area contributed by atoms with E-state index in [2.05, 4.69) is 49.2 Å². The first-order valence-electron chi connectivity index (χ1n) is 8.70. The van der Waals surface area contributed by atoms with Crippen LogP contribution >= 0.6 is 0 Å². The molecule has 2 aliphatic rings. The van der Waals surface area contributed by atoms with E-state index in [-0.39, 0.29) is 0 Å². The van der Waals surface area contributed by atoms with Crippen molar-refractivity contribution in [3.63, 3.8) is 0 Å². The van der Waals surface area contributed by atoms with Gasteiger partial charge >= 0.3 is 0 Å². The van der Waals surface area contributed by atoms with Crippen molar-refractivity contribution in [1.82, 2.24) is 10.2 Å². The molecule has 0 bridgehead atoms. The molecule has 21 heavy (non-hydrogen) atoms. The molecule has 2 unspecified atom stereocenters. The lowest BCUT2D eigenvalue weighted by atomic mass is 10.00. The van der Waals surface area contributed by atoms with Gasteiger partial charge in [-0.15, -0.1) is 0 Å². The largest absolute Gasteiger partial charge is 0.311 e. The lowest BCUT2D eigenvalue weighted by Crippen LogP contribution is -2.56. The lowest BCUT2D eigenvalue weighted by molar-refractivity contribution is 0.104. The quantitative estimate of drug-likeness (QED) is 0.888. The zero-order valence-corrected chi connectivity index (χ0v) is 13.9. The maximum atomic E-state index is 3.79. The van der Waals surface area contributed by atoms with Gasteiger partial charge in [-0.3, -0.25) is 4.90 Å². The molecule has 1 aliphatic heterocycles. The lowest BCUT2D eigenvalue weighted by Gasteiger charge is -2.41. The molecule has 2 nitrogen and oxygen atoms in total. The minimum absolute atomic E-state index is 0.691. The van der Waals surface area contributed by atoms with Gasteiger partial charge in [0.1, 0.15) is 0 Å². The van der Waals surface area contributed by atoms with Gasteiger partial charge in [0, 0.05) is 31.7 Å². The summed E-state index contributed by atoms with van der Waals surface area (Å²) in [6, 6.07) is 8.47. The maximum absolute atomic E-state index is 3.79. The van der Waals surface area contributed by atoms with Crippen molar-refractivity contribution in [2.75, 3.05) is 13.1 Å². The van der Waals surface area contributed by atoms with E-state index in [1.807, 2.05) is 0 Å². The SMILES string of the molecule is CCCC1CN(Cc2cc(C)cc(C)c2)C(C2CC2)CN1. The van der Waals surface area contributed by atoms with Crippen molar-refractivity contribution in [1.29, 1.82) is 0 Å². The van der Waals surface area contributed by atoms with Crippen LogP contribution in [0.5, 0.6) is 0 Å². The predicted octanol–water partition coefficient (Wildman–Crippen LogP) is 3.66. The summed E-state index contributed by atoms with van der Waals surface area (Å²) in [6.07, 6.45) is 5.46. The van der Waals surface area contributed by atoms with E-state index in [1.165, 1.54) is 55.5 Å². The molecule has 116 valence electrons. The summed E-state index contributed by atoms with van der Waals surface area (Å²) in [7, 11) is 0. The number of benzene rings is 1. The van der Waals surface area contributed by atoms with Crippen molar-refractivity contribution in [2.24, 2.45) is 5.92 Å². The van der Waals surface area contributed by atoms with Gasteiger partial charge in [-0.2, -0.15) is 0 Å². The average molecular weight is 286 g/mol. The second kappa shape index (κ2) is 6.50. The summed E-state index contributed by atoms with van der Waals surface area (Å²) in [4.78, 5) is 2.77. The fourth-order valence-corrected chi connectivity index (χ4v) is 3.96. The third-order valence-corrected chi connectivity index (χ3v) is 5.01. The standard InChI is InChI=1S/C19H30N2/c1-4-5-18-13-21(19(11-20-18)17-6-7-17)12-16-9-14(2)8-15(3)10-16/h8-10,17-20H,4-7,11-13H2,1-3H3. The highest BCUT2D eigenvalue weighted by Crippen LogP contribution is 2.37. The van der Waals surface area contributed by atoms with Crippen LogP contribution in [0.25, 0.3) is 0 Å². The predicted molar refractivity (Wildman–Crippen MR) is 89.5 cm³/mol. The van der Waals surface area contributed by atoms with Crippen LogP contribution in [0.2, 0.25) is 0 Å². The summed E-state index contributed by atoms with van der Waals surface area (Å²) in [5, 5.41) is 3.79. The molecule has 0 radical (unpaired) electrons. The highest BCUT2D eigenvalue weighted by molar-refractivity contribution is 5.28. The molecule has 0 spiro atoms. The molecular weight excluding hydrogens is 256 g/mol. The van der Waals surface area contributed by atoms with E-state index < -0.39 is 0 Å². The van der Waals surface area contributed by atoms with Crippen molar-refractivity contribution in [3.05, 3.63) is 34.9 Å². The van der Waals surface area contributed by atoms with Gasteiger partial charge in [0.25, 0.3) is 0 Å². The van der Waals surface area contributed by atoms with E-state index in [4.69, 9.17) is 0 Å². The molecular formula is C19H30N2. The third kappa shape index (κ3) is 3.87. The number of hydrogen-bond donors (Lipinski definition) is 1. The Labute approximate surface area is 129 Å². The van der Waals surface area contributed by atoms with E-state index in [9.17, 15) is 0 Å². The molecule has 1 aromatic carbocycles. The normalized spacial score (nSPS) is 27.0. The second-order valence-electron chi connectivity index (χ2n) is 7.22. The molecule has 1 aliphatic carbocycles. The van der Waals surface area contributed by atoms with Gasteiger partial charge < -0.3 is 5.32 Å². The molecule has 2 heteroatoms. The van der Waals surface area contributed by atoms with Gasteiger partial charge in [-0.25, -0.2) is 0 Å². The first-order valence-corrected chi connectivity index (χ1v) is 8.70. The monoisotopic (exact) mass is 286 g/mol. The topological polar surface area (TPSA) is 15.3 Å². The van der Waals surface area contributed by atoms with Crippen LogP contribution in [0.15, 0.2) is 18.2 Å². The Balaban J connectivity index is 1.71. The Kier molecular flexibility index (Phi) is 4.66. The van der Waals surface area contributed by atoms with Gasteiger partial charge in [-0.1, -0.05) is 42.7 Å². The molecule has 2 fully saturated rings. The highest BCUT2D eigenvalue weighted by atomic mass is 15.2. The van der Waals surface area contributed by atoms with Crippen LogP contribution in [0, 0.1) is 19.8 Å². The molecule has 0 amide bonds. The highest BCUT2D eigenvalue weighted by Gasteiger charge is 2.38. The molecule has 1 saturated heterocycles. The Bertz CT molecular complexity index is 458. The van der Waals surface area contributed by atoms with Crippen LogP contribution in [-0.4, -0.2) is 30.1 Å². The second-order valence-corrected chi connectivity index (χ2v) is 7.22. The van der Waals surface area contributed by atoms with Crippen molar-refractivity contribution < 1.29 is 0 Å². The Morgan fingerprint density at radius 1 is 1.14 bits per heavy atom. The first kappa shape index (κ1) is 15.1. The van der Waals surface area contributed by atoms with Crippen molar-refractivity contribution in [2.45, 2.75) is 65.1 Å². The number of hydrogen-bond acceptors (Lipinski definition) is 2. The maximum Gasteiger partial charge on any atom is 0.0253 e. The fraction of sp³-hybridized carbons (Fsp3) is 0.684. The molecule has 1 heterocycles. The zero-order valence-electron chi connectivity index (χ0n) is 13.9. The fourth-order valence-electron chi connectivity index (χ4n) is 3.96. The number of nitrogens with one attached hydrogen (secondary N) is 1. The third-order valence-electron chi connectivity index (χ3n) is 5.01. The summed E-state index contributed by atoms with van der Waals surface area (Å²) in [5.74, 6) is 0.950.